The molecule has 0 aliphatic carbocycles. The molecular formula is C33H19N5PtS. The Hall–Kier alpha value is -4.38. The van der Waals surface area contributed by atoms with E-state index in [-0.39, 0.29) is 21.1 Å². The van der Waals surface area contributed by atoms with Gasteiger partial charge in [-0.2, -0.15) is 16.4 Å². The number of hydrogen-bond donors (Lipinski definition) is 0. The van der Waals surface area contributed by atoms with Gasteiger partial charge in [0, 0.05) is 33.8 Å². The third-order valence-corrected chi connectivity index (χ3v) is 7.97. The summed E-state index contributed by atoms with van der Waals surface area (Å²) < 4.78 is 5.28. The van der Waals surface area contributed by atoms with Crippen LogP contribution in [0.3, 0.4) is 0 Å². The van der Waals surface area contributed by atoms with Gasteiger partial charge in [0.25, 0.3) is 0 Å². The molecule has 0 unspecified atom stereocenters. The maximum atomic E-state index is 4.99. The molecule has 0 radical (unpaired) electrons. The summed E-state index contributed by atoms with van der Waals surface area (Å²) in [5, 5.41) is 7.72. The molecule has 0 fully saturated rings. The van der Waals surface area contributed by atoms with Gasteiger partial charge < -0.3 is 9.55 Å². The second-order valence-corrected chi connectivity index (χ2v) is 10.3. The first-order valence-corrected chi connectivity index (χ1v) is 13.4. The van der Waals surface area contributed by atoms with Gasteiger partial charge in [-0.1, -0.05) is 53.4 Å². The van der Waals surface area contributed by atoms with Gasteiger partial charge in [0.05, 0.1) is 5.52 Å². The first kappa shape index (κ1) is 24.6. The average molecular weight is 713 g/mol. The molecule has 0 atom stereocenters. The van der Waals surface area contributed by atoms with Crippen LogP contribution < -0.4 is 0 Å². The van der Waals surface area contributed by atoms with Crippen molar-refractivity contribution in [3.63, 3.8) is 0 Å². The van der Waals surface area contributed by atoms with E-state index in [0.717, 1.165) is 65.2 Å². The van der Waals surface area contributed by atoms with Crippen molar-refractivity contribution in [2.45, 2.75) is 0 Å². The average Bonchev–Trinajstić information content (AvgIpc) is 3.75. The van der Waals surface area contributed by atoms with Gasteiger partial charge in [-0.25, -0.2) is 0 Å². The van der Waals surface area contributed by atoms with Crippen LogP contribution in [0.2, 0.25) is 0 Å². The Morgan fingerprint density at radius 3 is 2.48 bits per heavy atom. The Bertz CT molecular complexity index is 2090. The standard InChI is InChI=1S/C33H19N5S.Pt/c1-3-14-29-24(11-1)25-20-30(37-18-8-17-35-37)26(33-36-28-13-2-4-15-32(28)39-33)21-31(25)38(29)23-10-7-9-22(19-23)27-12-5-6-16-34-27;/h1-18,20H;/q-2;+2. The Balaban J connectivity index is 0.00000264. The molecule has 4 aromatic heterocycles. The number of benzene rings is 4. The minimum absolute atomic E-state index is 0. The maximum absolute atomic E-state index is 4.99. The SMILES string of the molecule is [Pt+2].[c-]1c(-c2ccccn2)cccc1-n1c2[c-]c(-c3nc4ccccc4s3)c(-n3cccn3)cc2c2ccccc21. The van der Waals surface area contributed by atoms with E-state index in [1.807, 2.05) is 59.5 Å². The van der Waals surface area contributed by atoms with Crippen LogP contribution in [0.15, 0.2) is 116 Å². The molecule has 4 aromatic carbocycles. The molecule has 0 saturated carbocycles. The minimum Gasteiger partial charge on any atom is -0.346 e. The summed E-state index contributed by atoms with van der Waals surface area (Å²) >= 11 is 1.67. The second kappa shape index (κ2) is 9.98. The molecule has 8 rings (SSSR count). The fraction of sp³-hybridized carbons (Fsp3) is 0. The molecular weight excluding hydrogens is 694 g/mol. The third-order valence-electron chi connectivity index (χ3n) is 6.91. The van der Waals surface area contributed by atoms with Crippen molar-refractivity contribution < 1.29 is 21.1 Å². The number of hydrogen-bond acceptors (Lipinski definition) is 4. The van der Waals surface area contributed by atoms with E-state index in [0.29, 0.717) is 0 Å². The van der Waals surface area contributed by atoms with Crippen LogP contribution >= 0.6 is 11.3 Å². The van der Waals surface area contributed by atoms with Crippen LogP contribution in [-0.4, -0.2) is 24.3 Å². The van der Waals surface area contributed by atoms with Crippen molar-refractivity contribution in [1.29, 1.82) is 0 Å². The summed E-state index contributed by atoms with van der Waals surface area (Å²) in [6, 6.07) is 40.4. The molecule has 4 heterocycles. The van der Waals surface area contributed by atoms with Crippen molar-refractivity contribution >= 4 is 43.4 Å². The molecule has 192 valence electrons. The van der Waals surface area contributed by atoms with Crippen molar-refractivity contribution in [3.05, 3.63) is 128 Å². The number of nitrogens with zero attached hydrogens (tertiary/aromatic N) is 5. The molecule has 5 nitrogen and oxygen atoms in total. The summed E-state index contributed by atoms with van der Waals surface area (Å²) in [5.41, 5.74) is 7.66. The van der Waals surface area contributed by atoms with E-state index < -0.39 is 0 Å². The minimum atomic E-state index is 0. The molecule has 7 heteroatoms. The van der Waals surface area contributed by atoms with E-state index in [2.05, 4.69) is 81.4 Å². The van der Waals surface area contributed by atoms with Gasteiger partial charge in [-0.05, 0) is 58.3 Å². The number of para-hydroxylation sites is 2. The molecule has 40 heavy (non-hydrogen) atoms. The van der Waals surface area contributed by atoms with Gasteiger partial charge in [0.1, 0.15) is 0 Å². The number of thiazole rings is 1. The molecule has 0 N–H and O–H groups in total. The monoisotopic (exact) mass is 712 g/mol. The zero-order valence-electron chi connectivity index (χ0n) is 20.9. The van der Waals surface area contributed by atoms with E-state index in [9.17, 15) is 0 Å². The van der Waals surface area contributed by atoms with Crippen molar-refractivity contribution in [1.82, 2.24) is 24.3 Å². The number of rotatable bonds is 4. The molecule has 0 aliphatic heterocycles. The van der Waals surface area contributed by atoms with Gasteiger partial charge in [-0.3, -0.25) is 9.67 Å². The van der Waals surface area contributed by atoms with E-state index in [1.54, 1.807) is 17.5 Å². The predicted octanol–water partition coefficient (Wildman–Crippen LogP) is 7.91. The van der Waals surface area contributed by atoms with Crippen molar-refractivity contribution in [3.8, 4) is 33.2 Å². The van der Waals surface area contributed by atoms with Gasteiger partial charge in [0.15, 0.2) is 0 Å². The molecule has 0 saturated heterocycles. The molecule has 8 aromatic rings. The molecule has 0 amide bonds. The van der Waals surface area contributed by atoms with Gasteiger partial charge >= 0.3 is 21.1 Å². The maximum Gasteiger partial charge on any atom is 2.00 e. The van der Waals surface area contributed by atoms with E-state index in [4.69, 9.17) is 4.98 Å². The van der Waals surface area contributed by atoms with Crippen LogP contribution in [0.4, 0.5) is 0 Å². The molecule has 0 spiro atoms. The smallest absolute Gasteiger partial charge is 0.346 e. The van der Waals surface area contributed by atoms with Crippen molar-refractivity contribution in [2.24, 2.45) is 0 Å². The fourth-order valence-electron chi connectivity index (χ4n) is 5.17. The van der Waals surface area contributed by atoms with Crippen LogP contribution in [0.1, 0.15) is 0 Å². The Morgan fingerprint density at radius 1 is 0.750 bits per heavy atom. The summed E-state index contributed by atoms with van der Waals surface area (Å²) in [6.45, 7) is 0. The molecule has 0 aliphatic rings. The zero-order valence-corrected chi connectivity index (χ0v) is 24.0. The van der Waals surface area contributed by atoms with Gasteiger partial charge in [0.2, 0.25) is 0 Å². The van der Waals surface area contributed by atoms with Crippen LogP contribution in [-0.2, 0) is 21.1 Å². The normalized spacial score (nSPS) is 11.3. The molecule has 0 bridgehead atoms. The third kappa shape index (κ3) is 4.00. The van der Waals surface area contributed by atoms with E-state index >= 15 is 0 Å². The fourth-order valence-corrected chi connectivity index (χ4v) is 6.14. The quantitative estimate of drug-likeness (QED) is 0.175. The first-order chi connectivity index (χ1) is 19.3. The summed E-state index contributed by atoms with van der Waals surface area (Å²) in [4.78, 5) is 9.54. The van der Waals surface area contributed by atoms with Crippen molar-refractivity contribution in [2.75, 3.05) is 0 Å². The van der Waals surface area contributed by atoms with Gasteiger partial charge in [-0.15, -0.1) is 42.0 Å². The van der Waals surface area contributed by atoms with Crippen LogP contribution in [0.5, 0.6) is 0 Å². The number of fused-ring (bicyclic) bond motifs is 4. The predicted molar refractivity (Wildman–Crippen MR) is 157 cm³/mol. The second-order valence-electron chi connectivity index (χ2n) is 9.25. The Kier molecular flexibility index (Phi) is 6.15. The van der Waals surface area contributed by atoms with Crippen LogP contribution in [0, 0.1) is 12.1 Å². The largest absolute Gasteiger partial charge is 2.00 e. The topological polar surface area (TPSA) is 48.5 Å². The Morgan fingerprint density at radius 2 is 1.62 bits per heavy atom. The summed E-state index contributed by atoms with van der Waals surface area (Å²) in [6.07, 6.45) is 5.58. The van der Waals surface area contributed by atoms with E-state index in [1.165, 1.54) is 0 Å². The zero-order chi connectivity index (χ0) is 25.8. The Labute approximate surface area is 248 Å². The number of pyridine rings is 1. The van der Waals surface area contributed by atoms with Crippen LogP contribution in [0.25, 0.3) is 65.2 Å². The summed E-state index contributed by atoms with van der Waals surface area (Å²) in [5.74, 6) is 0. The first-order valence-electron chi connectivity index (χ1n) is 12.6. The number of aromatic nitrogens is 5. The summed E-state index contributed by atoms with van der Waals surface area (Å²) in [7, 11) is 0.